The Balaban J connectivity index is 1.29. The lowest BCUT2D eigenvalue weighted by Gasteiger charge is -2.29. The van der Waals surface area contributed by atoms with Gasteiger partial charge in [0.05, 0.1) is 13.1 Å². The van der Waals surface area contributed by atoms with Gasteiger partial charge in [-0.2, -0.15) is 0 Å². The lowest BCUT2D eigenvalue weighted by Crippen LogP contribution is -3.14. The van der Waals surface area contributed by atoms with Gasteiger partial charge in [-0.05, 0) is 42.2 Å². The number of rotatable bonds is 5. The Morgan fingerprint density at radius 2 is 1.59 bits per heavy atom. The standard InChI is InChI=1S/C24H26N2O/c27-24(25-23-12-6-10-21-9-4-5-11-22(21)23)18-26-15-13-20(14-16-26)17-19-7-2-1-3-8-19/h1-12,20H,13-18H2,(H,25,27)/p+1. The zero-order chi connectivity index (χ0) is 18.5. The number of likely N-dealkylation sites (tertiary alicyclic amines) is 1. The highest BCUT2D eigenvalue weighted by Crippen LogP contribution is 2.22. The molecule has 1 aliphatic rings. The molecule has 1 fully saturated rings. The number of fused-ring (bicyclic) bond motifs is 1. The summed E-state index contributed by atoms with van der Waals surface area (Å²) in [4.78, 5) is 14.0. The molecule has 27 heavy (non-hydrogen) atoms. The van der Waals surface area contributed by atoms with Crippen molar-refractivity contribution in [1.82, 2.24) is 0 Å². The highest BCUT2D eigenvalue weighted by molar-refractivity contribution is 6.02. The normalized spacial score (nSPS) is 19.7. The minimum Gasteiger partial charge on any atom is -0.327 e. The van der Waals surface area contributed by atoms with E-state index in [1.807, 2.05) is 24.3 Å². The Kier molecular flexibility index (Phi) is 5.50. The molecule has 4 rings (SSSR count). The van der Waals surface area contributed by atoms with Gasteiger partial charge in [0.1, 0.15) is 0 Å². The first-order valence-electron chi connectivity index (χ1n) is 9.93. The molecule has 3 aromatic carbocycles. The Labute approximate surface area is 161 Å². The number of nitrogens with one attached hydrogen (secondary N) is 2. The number of carbonyl (C=O) groups is 1. The van der Waals surface area contributed by atoms with Crippen LogP contribution in [0.4, 0.5) is 5.69 Å². The van der Waals surface area contributed by atoms with E-state index < -0.39 is 0 Å². The van der Waals surface area contributed by atoms with Crippen molar-refractivity contribution in [3.63, 3.8) is 0 Å². The van der Waals surface area contributed by atoms with Crippen LogP contribution in [-0.2, 0) is 11.2 Å². The Morgan fingerprint density at radius 1 is 0.889 bits per heavy atom. The monoisotopic (exact) mass is 359 g/mol. The summed E-state index contributed by atoms with van der Waals surface area (Å²) >= 11 is 0. The average molecular weight is 359 g/mol. The predicted octanol–water partition coefficient (Wildman–Crippen LogP) is 3.32. The van der Waals surface area contributed by atoms with Gasteiger partial charge in [-0.15, -0.1) is 0 Å². The van der Waals surface area contributed by atoms with Crippen LogP contribution in [0.2, 0.25) is 0 Å². The molecule has 2 N–H and O–H groups in total. The van der Waals surface area contributed by atoms with E-state index in [9.17, 15) is 4.79 Å². The first-order valence-corrected chi connectivity index (χ1v) is 9.93. The highest BCUT2D eigenvalue weighted by atomic mass is 16.2. The first-order chi connectivity index (χ1) is 13.3. The van der Waals surface area contributed by atoms with E-state index in [0.717, 1.165) is 41.9 Å². The number of amides is 1. The molecule has 1 saturated heterocycles. The van der Waals surface area contributed by atoms with Crippen LogP contribution in [0.3, 0.4) is 0 Å². The molecule has 0 saturated carbocycles. The smallest absolute Gasteiger partial charge is 0.279 e. The number of piperidine rings is 1. The molecule has 3 aromatic rings. The van der Waals surface area contributed by atoms with Gasteiger partial charge in [0.15, 0.2) is 6.54 Å². The summed E-state index contributed by atoms with van der Waals surface area (Å²) in [7, 11) is 0. The molecule has 0 spiro atoms. The summed E-state index contributed by atoms with van der Waals surface area (Å²) in [6, 6.07) is 25.0. The average Bonchev–Trinajstić information content (AvgIpc) is 2.71. The zero-order valence-corrected chi connectivity index (χ0v) is 15.7. The largest absolute Gasteiger partial charge is 0.327 e. The summed E-state index contributed by atoms with van der Waals surface area (Å²) in [5.74, 6) is 0.861. The van der Waals surface area contributed by atoms with Crippen LogP contribution in [0.25, 0.3) is 10.8 Å². The van der Waals surface area contributed by atoms with Crippen LogP contribution in [0.15, 0.2) is 72.8 Å². The third kappa shape index (κ3) is 4.55. The molecule has 3 nitrogen and oxygen atoms in total. The summed E-state index contributed by atoms with van der Waals surface area (Å²) in [6.07, 6.45) is 3.56. The van der Waals surface area contributed by atoms with Gasteiger partial charge in [-0.25, -0.2) is 0 Å². The van der Waals surface area contributed by atoms with E-state index in [1.54, 1.807) is 0 Å². The van der Waals surface area contributed by atoms with E-state index in [1.165, 1.54) is 23.3 Å². The molecule has 138 valence electrons. The predicted molar refractivity (Wildman–Crippen MR) is 111 cm³/mol. The minimum atomic E-state index is 0.114. The van der Waals surface area contributed by atoms with Crippen molar-refractivity contribution < 1.29 is 9.69 Å². The van der Waals surface area contributed by atoms with Crippen molar-refractivity contribution in [3.8, 4) is 0 Å². The molecule has 3 heteroatoms. The van der Waals surface area contributed by atoms with Gasteiger partial charge in [0.25, 0.3) is 5.91 Å². The maximum Gasteiger partial charge on any atom is 0.279 e. The SMILES string of the molecule is O=C(C[NH+]1CCC(Cc2ccccc2)CC1)Nc1cccc2ccccc12. The third-order valence-electron chi connectivity index (χ3n) is 5.65. The van der Waals surface area contributed by atoms with E-state index in [2.05, 4.69) is 53.8 Å². The Morgan fingerprint density at radius 3 is 2.41 bits per heavy atom. The van der Waals surface area contributed by atoms with Crippen LogP contribution in [0.5, 0.6) is 0 Å². The third-order valence-corrected chi connectivity index (χ3v) is 5.65. The van der Waals surface area contributed by atoms with Crippen LogP contribution < -0.4 is 10.2 Å². The van der Waals surface area contributed by atoms with Crippen molar-refractivity contribution in [3.05, 3.63) is 78.4 Å². The number of anilines is 1. The summed E-state index contributed by atoms with van der Waals surface area (Å²) in [5.41, 5.74) is 2.34. The van der Waals surface area contributed by atoms with Crippen molar-refractivity contribution in [2.45, 2.75) is 19.3 Å². The maximum absolute atomic E-state index is 12.6. The van der Waals surface area contributed by atoms with Gasteiger partial charge in [0, 0.05) is 11.1 Å². The number of benzene rings is 3. The molecular weight excluding hydrogens is 332 g/mol. The van der Waals surface area contributed by atoms with Gasteiger partial charge >= 0.3 is 0 Å². The van der Waals surface area contributed by atoms with Crippen LogP contribution in [0.1, 0.15) is 18.4 Å². The lowest BCUT2D eigenvalue weighted by molar-refractivity contribution is -0.898. The second-order valence-electron chi connectivity index (χ2n) is 7.63. The van der Waals surface area contributed by atoms with Gasteiger partial charge in [-0.3, -0.25) is 4.79 Å². The van der Waals surface area contributed by atoms with Crippen LogP contribution in [-0.4, -0.2) is 25.5 Å². The fraction of sp³-hybridized carbons (Fsp3) is 0.292. The number of hydrogen-bond donors (Lipinski definition) is 2. The molecule has 0 aromatic heterocycles. The minimum absolute atomic E-state index is 0.114. The topological polar surface area (TPSA) is 33.5 Å². The van der Waals surface area contributed by atoms with E-state index in [4.69, 9.17) is 0 Å². The maximum atomic E-state index is 12.6. The fourth-order valence-electron chi connectivity index (χ4n) is 4.17. The number of quaternary nitrogens is 1. The van der Waals surface area contributed by atoms with E-state index >= 15 is 0 Å². The van der Waals surface area contributed by atoms with Crippen molar-refractivity contribution in [2.75, 3.05) is 25.0 Å². The molecule has 0 aliphatic carbocycles. The van der Waals surface area contributed by atoms with Crippen LogP contribution >= 0.6 is 0 Å². The van der Waals surface area contributed by atoms with E-state index in [0.29, 0.717) is 6.54 Å². The molecule has 0 atom stereocenters. The van der Waals surface area contributed by atoms with Crippen LogP contribution in [0, 0.1) is 5.92 Å². The van der Waals surface area contributed by atoms with Crippen molar-refractivity contribution in [1.29, 1.82) is 0 Å². The summed E-state index contributed by atoms with van der Waals surface area (Å²) in [6.45, 7) is 2.72. The molecule has 1 heterocycles. The highest BCUT2D eigenvalue weighted by Gasteiger charge is 2.24. The van der Waals surface area contributed by atoms with Crippen molar-refractivity contribution in [2.24, 2.45) is 5.92 Å². The number of carbonyl (C=O) groups excluding carboxylic acids is 1. The number of hydrogen-bond acceptors (Lipinski definition) is 1. The van der Waals surface area contributed by atoms with Gasteiger partial charge in [0.2, 0.25) is 0 Å². The molecule has 1 aliphatic heterocycles. The molecular formula is C24H27N2O+. The fourth-order valence-corrected chi connectivity index (χ4v) is 4.17. The zero-order valence-electron chi connectivity index (χ0n) is 15.7. The van der Waals surface area contributed by atoms with Crippen molar-refractivity contribution >= 4 is 22.4 Å². The van der Waals surface area contributed by atoms with Gasteiger partial charge in [-0.1, -0.05) is 66.7 Å². The lowest BCUT2D eigenvalue weighted by atomic mass is 9.90. The van der Waals surface area contributed by atoms with Gasteiger partial charge < -0.3 is 10.2 Å². The van der Waals surface area contributed by atoms with E-state index in [-0.39, 0.29) is 5.91 Å². The summed E-state index contributed by atoms with van der Waals surface area (Å²) < 4.78 is 0. The molecule has 0 bridgehead atoms. The Bertz CT molecular complexity index is 893. The Hall–Kier alpha value is -2.65. The molecule has 1 amide bonds. The first kappa shape index (κ1) is 17.7. The quantitative estimate of drug-likeness (QED) is 0.720. The second kappa shape index (κ2) is 8.36. The molecule has 0 unspecified atom stereocenters. The summed E-state index contributed by atoms with van der Waals surface area (Å²) in [5, 5.41) is 5.38. The second-order valence-corrected chi connectivity index (χ2v) is 7.63. The molecule has 0 radical (unpaired) electrons.